The van der Waals surface area contributed by atoms with E-state index in [1.165, 1.54) is 37.1 Å². The number of anilines is 2. The molecule has 1 heterocycles. The molecular weight excluding hydrogens is 448 g/mol. The number of rotatable bonds is 8. The molecule has 12 heteroatoms. The molecule has 4 rings (SSSR count). The average molecular weight is 473 g/mol. The third-order valence-corrected chi connectivity index (χ3v) is 6.45. The largest absolute Gasteiger partial charge is 0.382 e. The summed E-state index contributed by atoms with van der Waals surface area (Å²) >= 11 is 0. The van der Waals surface area contributed by atoms with Gasteiger partial charge in [-0.05, 0) is 49.2 Å². The monoisotopic (exact) mass is 472 g/mol. The van der Waals surface area contributed by atoms with Gasteiger partial charge in [0.05, 0.1) is 17.6 Å². The smallest absolute Gasteiger partial charge is 0.339 e. The van der Waals surface area contributed by atoms with Crippen LogP contribution in [-0.2, 0) is 14.9 Å². The van der Waals surface area contributed by atoms with Crippen LogP contribution in [0.25, 0.3) is 11.0 Å². The van der Waals surface area contributed by atoms with Crippen LogP contribution in [0.5, 0.6) is 5.75 Å². The zero-order chi connectivity index (χ0) is 23.4. The lowest BCUT2D eigenvalue weighted by molar-refractivity contribution is -0.117. The second-order valence-electron chi connectivity index (χ2n) is 7.73. The van der Waals surface area contributed by atoms with E-state index in [0.29, 0.717) is 17.1 Å². The number of H-pyrrole nitrogens is 1. The van der Waals surface area contributed by atoms with E-state index >= 15 is 0 Å². The fourth-order valence-electron chi connectivity index (χ4n) is 3.61. The minimum absolute atomic E-state index is 0.0371. The number of nitrogens with one attached hydrogen (secondary N) is 4. The van der Waals surface area contributed by atoms with E-state index < -0.39 is 22.1 Å². The SMILES string of the molecule is NC(=O)CNC(=O)Nc1nc2cc(OS(=O)(=O)c3ccc(NC4CCCC4)cc3)ccc2[nH]1. The Balaban J connectivity index is 1.42. The molecule has 0 aliphatic heterocycles. The van der Waals surface area contributed by atoms with E-state index in [2.05, 4.69) is 25.9 Å². The Morgan fingerprint density at radius 3 is 2.55 bits per heavy atom. The van der Waals surface area contributed by atoms with Crippen molar-refractivity contribution in [2.24, 2.45) is 5.73 Å². The number of aromatic nitrogens is 2. The molecule has 0 spiro atoms. The molecule has 1 aromatic heterocycles. The van der Waals surface area contributed by atoms with Gasteiger partial charge in [0, 0.05) is 17.8 Å². The van der Waals surface area contributed by atoms with Crippen molar-refractivity contribution in [1.82, 2.24) is 15.3 Å². The summed E-state index contributed by atoms with van der Waals surface area (Å²) in [4.78, 5) is 29.5. The van der Waals surface area contributed by atoms with E-state index in [0.717, 1.165) is 18.5 Å². The highest BCUT2D eigenvalue weighted by molar-refractivity contribution is 7.87. The van der Waals surface area contributed by atoms with Gasteiger partial charge in [0.25, 0.3) is 0 Å². The molecule has 1 fully saturated rings. The zero-order valence-electron chi connectivity index (χ0n) is 17.6. The van der Waals surface area contributed by atoms with Gasteiger partial charge < -0.3 is 25.5 Å². The van der Waals surface area contributed by atoms with Crippen LogP contribution in [0.4, 0.5) is 16.4 Å². The first-order valence-corrected chi connectivity index (χ1v) is 11.8. The van der Waals surface area contributed by atoms with Crippen LogP contribution in [0, 0.1) is 0 Å². The van der Waals surface area contributed by atoms with E-state index in [4.69, 9.17) is 9.92 Å². The molecule has 1 saturated carbocycles. The molecule has 3 amide bonds. The molecule has 0 radical (unpaired) electrons. The summed E-state index contributed by atoms with van der Waals surface area (Å²) in [6.45, 7) is -0.320. The van der Waals surface area contributed by atoms with Crippen LogP contribution in [0.3, 0.4) is 0 Å². The van der Waals surface area contributed by atoms with Gasteiger partial charge in [-0.2, -0.15) is 8.42 Å². The summed E-state index contributed by atoms with van der Waals surface area (Å²) in [5.41, 5.74) is 6.77. The Bertz CT molecular complexity index is 1270. The van der Waals surface area contributed by atoms with Gasteiger partial charge in [-0.1, -0.05) is 12.8 Å². The molecule has 1 aliphatic rings. The molecule has 6 N–H and O–H groups in total. The molecule has 1 aliphatic carbocycles. The molecule has 174 valence electrons. The number of amides is 3. The van der Waals surface area contributed by atoms with Gasteiger partial charge in [0.15, 0.2) is 0 Å². The van der Waals surface area contributed by atoms with Crippen LogP contribution in [0.1, 0.15) is 25.7 Å². The average Bonchev–Trinajstić information content (AvgIpc) is 3.41. The molecule has 2 aromatic carbocycles. The number of aromatic amines is 1. The van der Waals surface area contributed by atoms with E-state index in [-0.39, 0.29) is 23.1 Å². The molecule has 3 aromatic rings. The molecule has 11 nitrogen and oxygen atoms in total. The second-order valence-corrected chi connectivity index (χ2v) is 9.27. The zero-order valence-corrected chi connectivity index (χ0v) is 18.4. The predicted octanol–water partition coefficient (Wildman–Crippen LogP) is 2.29. The van der Waals surface area contributed by atoms with Crippen molar-refractivity contribution in [2.75, 3.05) is 17.2 Å². The van der Waals surface area contributed by atoms with Crippen molar-refractivity contribution in [1.29, 1.82) is 0 Å². The van der Waals surface area contributed by atoms with Crippen molar-refractivity contribution in [3.8, 4) is 5.75 Å². The fraction of sp³-hybridized carbons (Fsp3) is 0.286. The maximum absolute atomic E-state index is 12.7. The topological polar surface area (TPSA) is 168 Å². The Morgan fingerprint density at radius 1 is 1.12 bits per heavy atom. The van der Waals surface area contributed by atoms with Crippen molar-refractivity contribution >= 4 is 44.7 Å². The van der Waals surface area contributed by atoms with Crippen LogP contribution >= 0.6 is 0 Å². The molecular formula is C21H24N6O5S. The predicted molar refractivity (Wildman–Crippen MR) is 122 cm³/mol. The van der Waals surface area contributed by atoms with Crippen molar-refractivity contribution in [2.45, 2.75) is 36.6 Å². The lowest BCUT2D eigenvalue weighted by Crippen LogP contribution is -2.36. The Hall–Kier alpha value is -3.80. The van der Waals surface area contributed by atoms with Crippen LogP contribution < -0.4 is 25.9 Å². The van der Waals surface area contributed by atoms with Crippen molar-refractivity contribution in [3.05, 3.63) is 42.5 Å². The maximum atomic E-state index is 12.7. The third kappa shape index (κ3) is 5.71. The Labute approximate surface area is 190 Å². The first-order valence-electron chi connectivity index (χ1n) is 10.4. The lowest BCUT2D eigenvalue weighted by Gasteiger charge is -2.14. The van der Waals surface area contributed by atoms with E-state index in [1.54, 1.807) is 18.2 Å². The molecule has 0 saturated heterocycles. The highest BCUT2D eigenvalue weighted by Crippen LogP contribution is 2.26. The number of nitrogens with two attached hydrogens (primary N) is 1. The number of fused-ring (bicyclic) bond motifs is 1. The summed E-state index contributed by atoms with van der Waals surface area (Å²) < 4.78 is 30.7. The number of nitrogens with zero attached hydrogens (tertiary/aromatic N) is 1. The normalized spacial score (nSPS) is 14.2. The molecule has 0 bridgehead atoms. The first-order chi connectivity index (χ1) is 15.8. The highest BCUT2D eigenvalue weighted by atomic mass is 32.2. The van der Waals surface area contributed by atoms with Gasteiger partial charge in [0.2, 0.25) is 11.9 Å². The first kappa shape index (κ1) is 22.4. The number of carbonyl (C=O) groups excluding carboxylic acids is 2. The minimum Gasteiger partial charge on any atom is -0.382 e. The number of hydrogen-bond donors (Lipinski definition) is 5. The summed E-state index contributed by atoms with van der Waals surface area (Å²) in [7, 11) is -4.04. The standard InChI is InChI=1S/C21H24N6O5S/c22-19(28)12-23-21(29)27-20-25-17-10-7-15(11-18(17)26-20)32-33(30,31)16-8-5-14(6-9-16)24-13-3-1-2-4-13/h5-11,13,24H,1-4,12H2,(H2,22,28)(H3,23,25,26,27,29). The molecule has 33 heavy (non-hydrogen) atoms. The Kier molecular flexibility index (Phi) is 6.36. The quantitative estimate of drug-likeness (QED) is 0.313. The van der Waals surface area contributed by atoms with Gasteiger partial charge >= 0.3 is 16.1 Å². The summed E-state index contributed by atoms with van der Waals surface area (Å²) in [5, 5.41) is 8.10. The summed E-state index contributed by atoms with van der Waals surface area (Å²) in [5.74, 6) is -0.498. The number of hydrogen-bond acceptors (Lipinski definition) is 7. The minimum atomic E-state index is -4.04. The number of benzene rings is 2. The molecule has 0 atom stereocenters. The van der Waals surface area contributed by atoms with Gasteiger partial charge in [-0.3, -0.25) is 10.1 Å². The molecule has 0 unspecified atom stereocenters. The summed E-state index contributed by atoms with van der Waals surface area (Å²) in [6.07, 6.45) is 4.65. The summed E-state index contributed by atoms with van der Waals surface area (Å²) in [6, 6.07) is 10.7. The number of primary amides is 1. The van der Waals surface area contributed by atoms with Gasteiger partial charge in [-0.25, -0.2) is 9.78 Å². The van der Waals surface area contributed by atoms with Crippen LogP contribution in [-0.4, -0.2) is 42.9 Å². The van der Waals surface area contributed by atoms with E-state index in [1.807, 2.05) is 0 Å². The fourth-order valence-corrected chi connectivity index (χ4v) is 4.54. The highest BCUT2D eigenvalue weighted by Gasteiger charge is 2.19. The van der Waals surface area contributed by atoms with Gasteiger partial charge in [-0.15, -0.1) is 0 Å². The second kappa shape index (κ2) is 9.36. The number of carbonyl (C=O) groups is 2. The van der Waals surface area contributed by atoms with Crippen molar-refractivity contribution in [3.63, 3.8) is 0 Å². The van der Waals surface area contributed by atoms with Gasteiger partial charge in [0.1, 0.15) is 10.6 Å². The number of imidazole rings is 1. The van der Waals surface area contributed by atoms with Crippen molar-refractivity contribution < 1.29 is 22.2 Å². The maximum Gasteiger partial charge on any atom is 0.339 e. The van der Waals surface area contributed by atoms with E-state index in [9.17, 15) is 18.0 Å². The third-order valence-electron chi connectivity index (χ3n) is 5.18. The van der Waals surface area contributed by atoms with Crippen LogP contribution in [0.2, 0.25) is 0 Å². The van der Waals surface area contributed by atoms with Crippen LogP contribution in [0.15, 0.2) is 47.4 Å². The Morgan fingerprint density at radius 2 is 1.85 bits per heavy atom. The lowest BCUT2D eigenvalue weighted by atomic mass is 10.2. The number of urea groups is 1.